The van der Waals surface area contributed by atoms with Gasteiger partial charge >= 0.3 is 6.03 Å². The van der Waals surface area contributed by atoms with Crippen LogP contribution < -0.4 is 5.32 Å². The van der Waals surface area contributed by atoms with Gasteiger partial charge in [0.25, 0.3) is 5.91 Å². The zero-order chi connectivity index (χ0) is 22.0. The third kappa shape index (κ3) is 3.94. The number of hydrogen-bond acceptors (Lipinski definition) is 3. The lowest BCUT2D eigenvalue weighted by atomic mass is 9.83. The number of nitrogens with one attached hydrogen (secondary N) is 1. The maximum absolute atomic E-state index is 13.7. The number of piperidine rings is 1. The van der Waals surface area contributed by atoms with Crippen molar-refractivity contribution in [2.45, 2.75) is 57.2 Å². The first kappa shape index (κ1) is 21.1. The van der Waals surface area contributed by atoms with Gasteiger partial charge in [-0.15, -0.1) is 0 Å². The molecule has 4 rings (SSSR count). The van der Waals surface area contributed by atoms with Gasteiger partial charge in [-0.2, -0.15) is 0 Å². The Morgan fingerprint density at radius 3 is 2.16 bits per heavy atom. The molecule has 2 fully saturated rings. The first-order valence-electron chi connectivity index (χ1n) is 11.0. The highest BCUT2D eigenvalue weighted by molar-refractivity contribution is 6.09. The Labute approximate surface area is 183 Å². The SMILES string of the molecule is C[C@@H]1CCC[C@@H](C)N1C(=O)CN1C(=O)N[C@](Cc2ccccc2)(c2ccccc2)C1=O. The normalized spacial score (nSPS) is 26.1. The van der Waals surface area contributed by atoms with Crippen molar-refractivity contribution in [1.82, 2.24) is 15.1 Å². The van der Waals surface area contributed by atoms with Crippen LogP contribution in [-0.2, 0) is 21.5 Å². The molecule has 0 bridgehead atoms. The Morgan fingerprint density at radius 1 is 0.968 bits per heavy atom. The molecule has 6 heteroatoms. The van der Waals surface area contributed by atoms with Crippen LogP contribution in [0.2, 0.25) is 0 Å². The molecule has 0 aliphatic carbocycles. The summed E-state index contributed by atoms with van der Waals surface area (Å²) in [6, 6.07) is 18.6. The van der Waals surface area contributed by atoms with E-state index in [0.717, 1.165) is 29.7 Å². The van der Waals surface area contributed by atoms with Gasteiger partial charge in [0.15, 0.2) is 5.54 Å². The van der Waals surface area contributed by atoms with Crippen molar-refractivity contribution >= 4 is 17.8 Å². The highest BCUT2D eigenvalue weighted by Gasteiger charge is 2.53. The number of benzene rings is 2. The third-order valence-electron chi connectivity index (χ3n) is 6.53. The molecule has 2 aromatic rings. The highest BCUT2D eigenvalue weighted by atomic mass is 16.2. The van der Waals surface area contributed by atoms with Crippen molar-refractivity contribution in [2.75, 3.05) is 6.54 Å². The van der Waals surface area contributed by atoms with E-state index in [1.165, 1.54) is 0 Å². The Bertz CT molecular complexity index is 952. The molecule has 0 radical (unpaired) electrons. The van der Waals surface area contributed by atoms with Crippen molar-refractivity contribution in [3.63, 3.8) is 0 Å². The molecule has 4 amide bonds. The second kappa shape index (κ2) is 8.53. The summed E-state index contributed by atoms with van der Waals surface area (Å²) in [6.07, 6.45) is 3.30. The number of hydrogen-bond donors (Lipinski definition) is 1. The first-order valence-corrected chi connectivity index (χ1v) is 11.0. The number of rotatable bonds is 5. The standard InChI is InChI=1S/C25H29N3O3/c1-18-10-9-11-19(2)28(18)22(29)17-27-23(30)25(26-24(27)31,21-14-7-4-8-15-21)16-20-12-5-3-6-13-20/h3-8,12-15,18-19H,9-11,16-17H2,1-2H3,(H,26,31)/t18-,19-,25-/m1/s1. The minimum Gasteiger partial charge on any atom is -0.336 e. The van der Waals surface area contributed by atoms with E-state index in [4.69, 9.17) is 0 Å². The van der Waals surface area contributed by atoms with Gasteiger partial charge in [0.2, 0.25) is 5.91 Å². The van der Waals surface area contributed by atoms with Crippen molar-refractivity contribution in [3.8, 4) is 0 Å². The topological polar surface area (TPSA) is 69.7 Å². The highest BCUT2D eigenvalue weighted by Crippen LogP contribution is 2.33. The second-order valence-electron chi connectivity index (χ2n) is 8.69. The summed E-state index contributed by atoms with van der Waals surface area (Å²) in [5.74, 6) is -0.551. The van der Waals surface area contributed by atoms with Crippen LogP contribution in [0.4, 0.5) is 4.79 Å². The Balaban J connectivity index is 1.63. The molecule has 2 aliphatic heterocycles. The van der Waals surface area contributed by atoms with Gasteiger partial charge < -0.3 is 10.2 Å². The van der Waals surface area contributed by atoms with Crippen LogP contribution in [0.5, 0.6) is 0 Å². The van der Waals surface area contributed by atoms with E-state index in [-0.39, 0.29) is 30.4 Å². The van der Waals surface area contributed by atoms with Gasteiger partial charge in [-0.1, -0.05) is 60.7 Å². The van der Waals surface area contributed by atoms with E-state index in [1.807, 2.05) is 79.4 Å². The molecule has 2 aromatic carbocycles. The smallest absolute Gasteiger partial charge is 0.325 e. The van der Waals surface area contributed by atoms with Crippen LogP contribution in [-0.4, -0.2) is 46.3 Å². The van der Waals surface area contributed by atoms with Crippen molar-refractivity contribution in [2.24, 2.45) is 0 Å². The fraction of sp³-hybridized carbons (Fsp3) is 0.400. The van der Waals surface area contributed by atoms with E-state index in [1.54, 1.807) is 0 Å². The van der Waals surface area contributed by atoms with E-state index >= 15 is 0 Å². The van der Waals surface area contributed by atoms with E-state index in [2.05, 4.69) is 5.32 Å². The number of carbonyl (C=O) groups excluding carboxylic acids is 3. The monoisotopic (exact) mass is 419 g/mol. The summed E-state index contributed by atoms with van der Waals surface area (Å²) in [5.41, 5.74) is 0.428. The lowest BCUT2D eigenvalue weighted by Crippen LogP contribution is -2.52. The number of carbonyl (C=O) groups is 3. The van der Waals surface area contributed by atoms with Gasteiger partial charge in [0, 0.05) is 18.5 Å². The predicted octanol–water partition coefficient (Wildman–Crippen LogP) is 3.47. The second-order valence-corrected chi connectivity index (χ2v) is 8.69. The number of amides is 4. The zero-order valence-corrected chi connectivity index (χ0v) is 18.1. The molecule has 31 heavy (non-hydrogen) atoms. The van der Waals surface area contributed by atoms with Crippen LogP contribution in [0.15, 0.2) is 60.7 Å². The predicted molar refractivity (Wildman–Crippen MR) is 118 cm³/mol. The summed E-state index contributed by atoms with van der Waals surface area (Å²) >= 11 is 0. The summed E-state index contributed by atoms with van der Waals surface area (Å²) in [6.45, 7) is 3.83. The quantitative estimate of drug-likeness (QED) is 0.755. The Hall–Kier alpha value is -3.15. The van der Waals surface area contributed by atoms with Crippen molar-refractivity contribution in [1.29, 1.82) is 0 Å². The molecule has 6 nitrogen and oxygen atoms in total. The summed E-state index contributed by atoms with van der Waals surface area (Å²) < 4.78 is 0. The largest absolute Gasteiger partial charge is 0.336 e. The number of urea groups is 1. The summed E-state index contributed by atoms with van der Waals surface area (Å²) in [7, 11) is 0. The Kier molecular flexibility index (Phi) is 5.81. The molecule has 0 saturated carbocycles. The molecule has 0 aromatic heterocycles. The van der Waals surface area contributed by atoms with Gasteiger partial charge in [-0.05, 0) is 44.2 Å². The molecular weight excluding hydrogens is 390 g/mol. The Morgan fingerprint density at radius 2 is 1.55 bits per heavy atom. The third-order valence-corrected chi connectivity index (χ3v) is 6.53. The van der Waals surface area contributed by atoms with Crippen LogP contribution >= 0.6 is 0 Å². The molecule has 3 atom stereocenters. The lowest BCUT2D eigenvalue weighted by Gasteiger charge is -2.39. The van der Waals surface area contributed by atoms with E-state index in [0.29, 0.717) is 12.0 Å². The number of imide groups is 1. The molecule has 162 valence electrons. The molecular formula is C25H29N3O3. The maximum Gasteiger partial charge on any atom is 0.325 e. The lowest BCUT2D eigenvalue weighted by molar-refractivity contribution is -0.143. The molecule has 2 heterocycles. The molecule has 0 spiro atoms. The van der Waals surface area contributed by atoms with Gasteiger partial charge in [-0.25, -0.2) is 4.79 Å². The first-order chi connectivity index (χ1) is 14.9. The minimum atomic E-state index is -1.22. The molecule has 2 saturated heterocycles. The fourth-order valence-corrected chi connectivity index (χ4v) is 4.94. The maximum atomic E-state index is 13.7. The fourth-order valence-electron chi connectivity index (χ4n) is 4.94. The van der Waals surface area contributed by atoms with Gasteiger partial charge in [0.1, 0.15) is 6.54 Å². The number of nitrogens with zero attached hydrogens (tertiary/aromatic N) is 2. The minimum absolute atomic E-state index is 0.111. The zero-order valence-electron chi connectivity index (χ0n) is 18.1. The van der Waals surface area contributed by atoms with Crippen LogP contribution in [0.1, 0.15) is 44.2 Å². The van der Waals surface area contributed by atoms with Crippen molar-refractivity contribution in [3.05, 3.63) is 71.8 Å². The van der Waals surface area contributed by atoms with Crippen LogP contribution in [0, 0.1) is 0 Å². The summed E-state index contributed by atoms with van der Waals surface area (Å²) in [5, 5.41) is 2.93. The summed E-state index contributed by atoms with van der Waals surface area (Å²) in [4.78, 5) is 42.7. The van der Waals surface area contributed by atoms with Crippen LogP contribution in [0.25, 0.3) is 0 Å². The van der Waals surface area contributed by atoms with Gasteiger partial charge in [0.05, 0.1) is 0 Å². The average Bonchev–Trinajstić information content (AvgIpc) is 3.00. The molecule has 0 unspecified atom stereocenters. The molecule has 2 aliphatic rings. The molecule has 1 N–H and O–H groups in total. The van der Waals surface area contributed by atoms with Crippen LogP contribution in [0.3, 0.4) is 0 Å². The number of likely N-dealkylation sites (tertiary alicyclic amines) is 1. The van der Waals surface area contributed by atoms with Crippen molar-refractivity contribution < 1.29 is 14.4 Å². The van der Waals surface area contributed by atoms with Gasteiger partial charge in [-0.3, -0.25) is 14.5 Å². The average molecular weight is 420 g/mol. The van der Waals surface area contributed by atoms with E-state index in [9.17, 15) is 14.4 Å². The van der Waals surface area contributed by atoms with E-state index < -0.39 is 11.6 Å².